The van der Waals surface area contributed by atoms with Gasteiger partial charge in [0.15, 0.2) is 4.90 Å². The number of rotatable bonds is 6. The minimum absolute atomic E-state index is 0.210. The summed E-state index contributed by atoms with van der Waals surface area (Å²) in [7, 11) is 0. The second kappa shape index (κ2) is 9.45. The number of imidazole rings is 1. The highest BCUT2D eigenvalue weighted by Crippen LogP contribution is 2.34. The van der Waals surface area contributed by atoms with E-state index in [1.807, 2.05) is 44.2 Å². The highest BCUT2D eigenvalue weighted by atomic mass is 32.2. The first-order valence-electron chi connectivity index (χ1n) is 11.8. The molecule has 2 aromatic carbocycles. The number of nitrogens with zero attached hydrogens (tertiary/aromatic N) is 5. The number of fused-ring (bicyclic) bond motifs is 2. The fourth-order valence-electron chi connectivity index (χ4n) is 4.63. The molecule has 0 saturated carbocycles. The third kappa shape index (κ3) is 4.17. The van der Waals surface area contributed by atoms with E-state index in [0.29, 0.717) is 57.1 Å². The van der Waals surface area contributed by atoms with Crippen molar-refractivity contribution in [3.05, 3.63) is 89.6 Å². The summed E-state index contributed by atoms with van der Waals surface area (Å²) in [6.45, 7) is 4.48. The third-order valence-corrected chi connectivity index (χ3v) is 7.77. The van der Waals surface area contributed by atoms with Gasteiger partial charge in [-0.1, -0.05) is 18.2 Å². The molecule has 1 atom stereocenters. The molecule has 1 unspecified atom stereocenters. The quantitative estimate of drug-likeness (QED) is 0.329. The predicted octanol–water partition coefficient (Wildman–Crippen LogP) is 4.66. The van der Waals surface area contributed by atoms with Gasteiger partial charge in [-0.05, 0) is 38.1 Å². The third-order valence-electron chi connectivity index (χ3n) is 6.42. The molecule has 6 rings (SSSR count). The van der Waals surface area contributed by atoms with Gasteiger partial charge in [0.05, 0.1) is 6.61 Å². The molecule has 186 valence electrons. The van der Waals surface area contributed by atoms with Gasteiger partial charge in [0.2, 0.25) is 5.95 Å². The van der Waals surface area contributed by atoms with Crippen LogP contribution >= 0.6 is 0 Å². The van der Waals surface area contributed by atoms with Crippen molar-refractivity contribution in [1.82, 2.24) is 24.3 Å². The lowest BCUT2D eigenvalue weighted by molar-refractivity contribution is 0.356. The molecule has 3 aromatic heterocycles. The van der Waals surface area contributed by atoms with Gasteiger partial charge >= 0.3 is 0 Å². The first-order chi connectivity index (χ1) is 18.0. The molecule has 0 fully saturated rings. The van der Waals surface area contributed by atoms with Crippen LogP contribution in [0.2, 0.25) is 0 Å². The van der Waals surface area contributed by atoms with Crippen molar-refractivity contribution in [2.45, 2.75) is 36.7 Å². The summed E-state index contributed by atoms with van der Waals surface area (Å²) in [6, 6.07) is 12.3. The summed E-state index contributed by atoms with van der Waals surface area (Å²) in [5.41, 5.74) is 4.29. The normalized spacial score (nSPS) is 13.4. The molecule has 0 aliphatic carbocycles. The predicted molar refractivity (Wildman–Crippen MR) is 138 cm³/mol. The minimum atomic E-state index is -1.54. The lowest BCUT2D eigenvalue weighted by atomic mass is 10.0. The van der Waals surface area contributed by atoms with Gasteiger partial charge < -0.3 is 14.6 Å². The number of nitrogens with one attached hydrogen (secondary N) is 1. The zero-order chi connectivity index (χ0) is 25.5. The van der Waals surface area contributed by atoms with E-state index in [-0.39, 0.29) is 12.4 Å². The Bertz CT molecular complexity index is 1630. The second-order valence-electron chi connectivity index (χ2n) is 8.72. The molecule has 4 heterocycles. The van der Waals surface area contributed by atoms with Crippen molar-refractivity contribution in [1.29, 1.82) is 0 Å². The molecule has 1 aliphatic rings. The van der Waals surface area contributed by atoms with Crippen LogP contribution in [0.5, 0.6) is 5.75 Å². The molecule has 0 bridgehead atoms. The molecule has 1 N–H and O–H groups in total. The molecule has 5 aromatic rings. The Balaban J connectivity index is 1.47. The maximum Gasteiger partial charge on any atom is 0.276 e. The van der Waals surface area contributed by atoms with E-state index in [1.54, 1.807) is 29.2 Å². The van der Waals surface area contributed by atoms with E-state index < -0.39 is 11.2 Å². The molecular weight excluding hydrogens is 491 g/mol. The fraction of sp³-hybridized carbons (Fsp3) is 0.185. The number of aryl methyl sites for hydroxylation is 2. The summed E-state index contributed by atoms with van der Waals surface area (Å²) >= 11 is -1.54. The number of hydrogen-bond acceptors (Lipinski definition) is 7. The van der Waals surface area contributed by atoms with Gasteiger partial charge in [-0.2, -0.15) is 4.98 Å². The molecular formula is C27H23FN6O2S. The standard InChI is InChI=1S/C27H23FN6O2S/c1-16-20(12-29-17(2)33-16)22-14-31-27(30-13-21-19-10-11-36-24(19)9-8-23(21)28)34-15-32-26(25(22)34)37(35)18-6-4-3-5-7-18/h3-9,12,14-15H,10-11,13H2,1-2H3,(H,30,31). The van der Waals surface area contributed by atoms with Crippen LogP contribution in [0.3, 0.4) is 0 Å². The van der Waals surface area contributed by atoms with E-state index in [4.69, 9.17) is 4.74 Å². The molecule has 0 radical (unpaired) electrons. The van der Waals surface area contributed by atoms with Crippen LogP contribution in [0.15, 0.2) is 71.1 Å². The summed E-state index contributed by atoms with van der Waals surface area (Å²) in [6.07, 6.45) is 5.68. The Hall–Kier alpha value is -4.02. The highest BCUT2D eigenvalue weighted by molar-refractivity contribution is 7.91. The Morgan fingerprint density at radius 2 is 1.86 bits per heavy atom. The molecule has 10 heteroatoms. The van der Waals surface area contributed by atoms with Crippen molar-refractivity contribution < 1.29 is 13.7 Å². The van der Waals surface area contributed by atoms with Crippen molar-refractivity contribution in [3.8, 4) is 16.9 Å². The fourth-order valence-corrected chi connectivity index (χ4v) is 5.78. The summed E-state index contributed by atoms with van der Waals surface area (Å²) in [5.74, 6) is 1.52. The highest BCUT2D eigenvalue weighted by Gasteiger charge is 2.27. The maximum atomic E-state index is 14.7. The average molecular weight is 515 g/mol. The largest absolute Gasteiger partial charge is 0.605 e. The Morgan fingerprint density at radius 1 is 1.05 bits per heavy atom. The molecule has 1 aliphatic heterocycles. The van der Waals surface area contributed by atoms with Crippen LogP contribution in [0.25, 0.3) is 16.6 Å². The summed E-state index contributed by atoms with van der Waals surface area (Å²) in [5, 5.41) is 3.65. The van der Waals surface area contributed by atoms with E-state index >= 15 is 0 Å². The molecule has 37 heavy (non-hydrogen) atoms. The van der Waals surface area contributed by atoms with Crippen LogP contribution in [0, 0.1) is 19.7 Å². The van der Waals surface area contributed by atoms with Crippen molar-refractivity contribution in [2.75, 3.05) is 11.9 Å². The van der Waals surface area contributed by atoms with Crippen molar-refractivity contribution >= 4 is 22.6 Å². The van der Waals surface area contributed by atoms with E-state index in [2.05, 4.69) is 25.3 Å². The number of ether oxygens (including phenoxy) is 1. The van der Waals surface area contributed by atoms with Crippen LogP contribution in [0.1, 0.15) is 22.6 Å². The Kier molecular flexibility index (Phi) is 5.97. The zero-order valence-electron chi connectivity index (χ0n) is 20.2. The van der Waals surface area contributed by atoms with Gasteiger partial charge in [0.1, 0.15) is 29.2 Å². The summed E-state index contributed by atoms with van der Waals surface area (Å²) < 4.78 is 35.7. The topological polar surface area (TPSA) is 100 Å². The van der Waals surface area contributed by atoms with Crippen molar-refractivity contribution in [2.24, 2.45) is 0 Å². The van der Waals surface area contributed by atoms with Gasteiger partial charge in [0, 0.05) is 64.5 Å². The van der Waals surface area contributed by atoms with E-state index in [1.165, 1.54) is 6.07 Å². The van der Waals surface area contributed by atoms with Crippen LogP contribution in [-0.2, 0) is 24.1 Å². The Labute approximate surface area is 215 Å². The first kappa shape index (κ1) is 23.4. The van der Waals surface area contributed by atoms with Gasteiger partial charge in [0.25, 0.3) is 5.03 Å². The van der Waals surface area contributed by atoms with Crippen molar-refractivity contribution in [3.63, 3.8) is 0 Å². The van der Waals surface area contributed by atoms with E-state index in [0.717, 1.165) is 16.8 Å². The number of halogens is 1. The summed E-state index contributed by atoms with van der Waals surface area (Å²) in [4.78, 5) is 18.7. The average Bonchev–Trinajstić information content (AvgIpc) is 3.56. The minimum Gasteiger partial charge on any atom is -0.605 e. The lowest BCUT2D eigenvalue weighted by Crippen LogP contribution is -2.10. The van der Waals surface area contributed by atoms with Gasteiger partial charge in [-0.15, -0.1) is 0 Å². The molecule has 0 amide bonds. The maximum absolute atomic E-state index is 14.7. The zero-order valence-corrected chi connectivity index (χ0v) is 21.1. The smallest absolute Gasteiger partial charge is 0.276 e. The van der Waals surface area contributed by atoms with Crippen LogP contribution in [-0.4, -0.2) is 35.5 Å². The lowest BCUT2D eigenvalue weighted by Gasteiger charge is -2.15. The Morgan fingerprint density at radius 3 is 2.68 bits per heavy atom. The molecule has 0 saturated heterocycles. The number of hydrogen-bond donors (Lipinski definition) is 1. The SMILES string of the molecule is Cc1ncc(-c2cnc(NCc3c(F)ccc4c3CCO4)n3cnc([S+]([O-])c4ccccc4)c23)c(C)n1. The van der Waals surface area contributed by atoms with Crippen LogP contribution in [0.4, 0.5) is 10.3 Å². The van der Waals surface area contributed by atoms with E-state index in [9.17, 15) is 8.94 Å². The first-order valence-corrected chi connectivity index (χ1v) is 13.0. The van der Waals surface area contributed by atoms with Gasteiger partial charge in [-0.3, -0.25) is 4.40 Å². The molecule has 8 nitrogen and oxygen atoms in total. The molecule has 0 spiro atoms. The number of benzene rings is 2. The number of anilines is 1. The second-order valence-corrected chi connectivity index (χ2v) is 10.1. The number of aromatic nitrogens is 5. The van der Waals surface area contributed by atoms with Gasteiger partial charge in [-0.25, -0.2) is 19.3 Å². The monoisotopic (exact) mass is 514 g/mol. The van der Waals surface area contributed by atoms with Crippen LogP contribution < -0.4 is 10.1 Å².